The summed E-state index contributed by atoms with van der Waals surface area (Å²) in [6, 6.07) is 46.7. The van der Waals surface area contributed by atoms with Crippen LogP contribution in [-0.4, -0.2) is 0 Å². The third-order valence-corrected chi connectivity index (χ3v) is 10.3. The first kappa shape index (κ1) is 24.8. The van der Waals surface area contributed by atoms with Crippen LogP contribution in [0.1, 0.15) is 16.4 Å². The Balaban J connectivity index is 1.23. The first-order valence-electron chi connectivity index (χ1n) is 25.3. The van der Waals surface area contributed by atoms with Crippen LogP contribution in [-0.2, 0) is 0 Å². The highest BCUT2D eigenvalue weighted by molar-refractivity contribution is 5.97. The molecule has 278 valence electrons. The van der Waals surface area contributed by atoms with E-state index in [4.69, 9.17) is 0 Å². The third-order valence-electron chi connectivity index (χ3n) is 10.3. The molecule has 0 aliphatic carbocycles. The maximum atomic E-state index is 9.74. The minimum absolute atomic E-state index is 0.0484. The molecule has 0 unspecified atom stereocenters. The summed E-state index contributed by atoms with van der Waals surface area (Å²) < 4.78 is 115. The van der Waals surface area contributed by atoms with Crippen molar-refractivity contribution in [2.24, 2.45) is 0 Å². The van der Waals surface area contributed by atoms with E-state index in [0.29, 0.717) is 16.7 Å². The lowest BCUT2D eigenvalue weighted by atomic mass is 9.93. The summed E-state index contributed by atoms with van der Waals surface area (Å²) in [7, 11) is 0. The maximum absolute atomic E-state index is 9.74. The first-order chi connectivity index (χ1) is 34.3. The Morgan fingerprint density at radius 3 is 1.12 bits per heavy atom. The third kappa shape index (κ3) is 7.46. The number of fused-ring (bicyclic) bond motifs is 1. The van der Waals surface area contributed by atoms with Gasteiger partial charge in [-0.05, 0) is 138 Å². The second kappa shape index (κ2) is 16.0. The molecule has 0 saturated heterocycles. The van der Waals surface area contributed by atoms with Crippen LogP contribution in [0.25, 0.3) is 77.5 Å². The smallest absolute Gasteiger partial charge is 0.0645 e. The van der Waals surface area contributed by atoms with Gasteiger partial charge in [-0.25, -0.2) is 0 Å². The Kier molecular flexibility index (Phi) is 6.73. The number of hydrogen-bond acceptors (Lipinski definition) is 1. The summed E-state index contributed by atoms with van der Waals surface area (Å²) in [6.45, 7) is 0. The van der Waals surface area contributed by atoms with E-state index >= 15 is 0 Å². The molecule has 1 nitrogen and oxygen atoms in total. The molecule has 10 aromatic carbocycles. The predicted octanol–water partition coefficient (Wildman–Crippen LogP) is 16.3. The maximum Gasteiger partial charge on any atom is 0.0645 e. The van der Waals surface area contributed by atoms with Crippen molar-refractivity contribution in [1.82, 2.24) is 0 Å². The van der Waals surface area contributed by atoms with Crippen molar-refractivity contribution >= 4 is 27.8 Å². The molecule has 0 amide bonds. The second-order valence-corrected chi connectivity index (χ2v) is 14.0. The topological polar surface area (TPSA) is 3.24 Å². The monoisotopic (exact) mass is 763 g/mol. The van der Waals surface area contributed by atoms with Gasteiger partial charge in [0.05, 0.1) is 16.4 Å². The van der Waals surface area contributed by atoms with Crippen molar-refractivity contribution in [3.8, 4) is 66.8 Å². The number of hydrogen-bond donors (Lipinski definition) is 0. The summed E-state index contributed by atoms with van der Waals surface area (Å²) in [5.74, 6) is 0. The number of nitrogens with zero attached hydrogens (tertiary/aromatic N) is 1. The highest BCUT2D eigenvalue weighted by Gasteiger charge is 2.15. The molecule has 10 rings (SSSR count). The Labute approximate surface area is 363 Å². The lowest BCUT2D eigenvalue weighted by Gasteiger charge is -2.26. The van der Waals surface area contributed by atoms with Gasteiger partial charge < -0.3 is 4.90 Å². The SMILES string of the molecule is [2H]c1c([2H])c(N(c2c([2H])c([2H])c(-c3cc(-c4ccccc4)cc(-c4ccccc4)c3)c([2H])c2[2H])c2c([2H])c([2H])c(-c3cccc(-c4cccc5ccccc45)c3)c([2H])c2[2H])c([2H])c([2H])c1-c1ccccc1. The standard InChI is InChI=1S/C58H41N/c1-4-14-42(15-5-1)45-26-32-54(33-27-45)59(55-34-28-46(29-35-55)49-22-12-23-50(38-49)58-25-13-21-48-20-10-11-24-57(48)58)56-36-30-47(31-37-56)53-40-51(43-16-6-2-7-17-43)39-52(41-53)44-18-8-3-9-19-44/h1-41H/i26D,27D,28D,29D,30D,31D,32D,33D,34D,35D,36D,37D. The van der Waals surface area contributed by atoms with E-state index in [2.05, 4.69) is 0 Å². The Bertz CT molecular complexity index is 3580. The zero-order chi connectivity index (χ0) is 49.8. The van der Waals surface area contributed by atoms with E-state index < -0.39 is 89.6 Å². The molecule has 0 radical (unpaired) electrons. The van der Waals surface area contributed by atoms with E-state index in [1.165, 1.54) is 0 Å². The Hall–Kier alpha value is -7.74. The van der Waals surface area contributed by atoms with Gasteiger partial charge >= 0.3 is 0 Å². The molecule has 0 spiro atoms. The average Bonchev–Trinajstić information content (AvgIpc) is 3.40. The second-order valence-electron chi connectivity index (χ2n) is 14.0. The van der Waals surface area contributed by atoms with Crippen LogP contribution in [0, 0.1) is 0 Å². The van der Waals surface area contributed by atoms with E-state index in [-0.39, 0.29) is 16.7 Å². The van der Waals surface area contributed by atoms with Crippen LogP contribution < -0.4 is 4.90 Å². The number of benzene rings is 10. The highest BCUT2D eigenvalue weighted by atomic mass is 15.1. The van der Waals surface area contributed by atoms with Gasteiger partial charge in [-0.1, -0.05) is 188 Å². The summed E-state index contributed by atoms with van der Waals surface area (Å²) in [6.07, 6.45) is 0. The van der Waals surface area contributed by atoms with E-state index in [1.807, 2.05) is 115 Å². The van der Waals surface area contributed by atoms with Gasteiger partial charge in [0.15, 0.2) is 0 Å². The molecule has 0 N–H and O–H groups in total. The van der Waals surface area contributed by atoms with Crippen molar-refractivity contribution in [2.45, 2.75) is 0 Å². The fraction of sp³-hybridized carbons (Fsp3) is 0. The van der Waals surface area contributed by atoms with Crippen molar-refractivity contribution in [3.63, 3.8) is 0 Å². The van der Waals surface area contributed by atoms with Crippen molar-refractivity contribution < 1.29 is 16.4 Å². The molecule has 0 aliphatic rings. The quantitative estimate of drug-likeness (QED) is 0.142. The van der Waals surface area contributed by atoms with E-state index in [0.717, 1.165) is 49.1 Å². The Morgan fingerprint density at radius 2 is 0.593 bits per heavy atom. The molecule has 0 saturated carbocycles. The molecule has 0 fully saturated rings. The molecule has 10 aromatic rings. The van der Waals surface area contributed by atoms with Crippen LogP contribution >= 0.6 is 0 Å². The van der Waals surface area contributed by atoms with Crippen LogP contribution in [0.2, 0.25) is 0 Å². The predicted molar refractivity (Wildman–Crippen MR) is 251 cm³/mol. The van der Waals surface area contributed by atoms with Gasteiger partial charge in [0.2, 0.25) is 0 Å². The Morgan fingerprint density at radius 1 is 0.254 bits per heavy atom. The molecule has 0 atom stereocenters. The molecule has 0 heterocycles. The normalized spacial score (nSPS) is 13.9. The molecule has 1 heteroatoms. The molecule has 0 aliphatic heterocycles. The van der Waals surface area contributed by atoms with Crippen LogP contribution in [0.15, 0.2) is 248 Å². The van der Waals surface area contributed by atoms with Gasteiger partial charge in [-0.15, -0.1) is 0 Å². The molecular weight excluding hydrogens is 711 g/mol. The lowest BCUT2D eigenvalue weighted by Crippen LogP contribution is -2.09. The summed E-state index contributed by atoms with van der Waals surface area (Å²) in [5, 5.41) is 1.98. The average molecular weight is 764 g/mol. The van der Waals surface area contributed by atoms with Crippen LogP contribution in [0.5, 0.6) is 0 Å². The molecular formula is C58H41N. The van der Waals surface area contributed by atoms with Gasteiger partial charge in [-0.2, -0.15) is 0 Å². The largest absolute Gasteiger partial charge is 0.311 e. The zero-order valence-corrected chi connectivity index (χ0v) is 31.7. The number of anilines is 3. The van der Waals surface area contributed by atoms with Crippen molar-refractivity contribution in [1.29, 1.82) is 0 Å². The molecule has 0 bridgehead atoms. The lowest BCUT2D eigenvalue weighted by molar-refractivity contribution is 1.28. The van der Waals surface area contributed by atoms with Gasteiger partial charge in [0, 0.05) is 17.1 Å². The minimum Gasteiger partial charge on any atom is -0.311 e. The summed E-state index contributed by atoms with van der Waals surface area (Å²) >= 11 is 0. The minimum atomic E-state index is -0.680. The summed E-state index contributed by atoms with van der Waals surface area (Å²) in [4.78, 5) is 0.854. The van der Waals surface area contributed by atoms with Gasteiger partial charge in [0.25, 0.3) is 0 Å². The van der Waals surface area contributed by atoms with Crippen molar-refractivity contribution in [2.75, 3.05) is 4.90 Å². The van der Waals surface area contributed by atoms with Gasteiger partial charge in [-0.3, -0.25) is 0 Å². The van der Waals surface area contributed by atoms with E-state index in [1.54, 1.807) is 60.7 Å². The zero-order valence-electron chi connectivity index (χ0n) is 43.7. The molecule has 59 heavy (non-hydrogen) atoms. The molecule has 0 aromatic heterocycles. The van der Waals surface area contributed by atoms with Crippen molar-refractivity contribution in [3.05, 3.63) is 248 Å². The summed E-state index contributed by atoms with van der Waals surface area (Å²) in [5.41, 5.74) is 3.99. The van der Waals surface area contributed by atoms with Gasteiger partial charge in [0.1, 0.15) is 0 Å². The number of rotatable bonds is 9. The fourth-order valence-corrected chi connectivity index (χ4v) is 7.31. The first-order valence-corrected chi connectivity index (χ1v) is 19.3. The van der Waals surface area contributed by atoms with E-state index in [9.17, 15) is 16.4 Å². The van der Waals surface area contributed by atoms with Crippen LogP contribution in [0.4, 0.5) is 17.1 Å². The highest BCUT2D eigenvalue weighted by Crippen LogP contribution is 2.40. The van der Waals surface area contributed by atoms with Crippen LogP contribution in [0.3, 0.4) is 0 Å². The fourth-order valence-electron chi connectivity index (χ4n) is 7.31.